The molecule has 2 aromatic rings. The van der Waals surface area contributed by atoms with Crippen LogP contribution in [0, 0.1) is 23.7 Å². The smallest absolute Gasteiger partial charge is 0.0249 e. The Labute approximate surface area is 160 Å². The van der Waals surface area contributed by atoms with Crippen LogP contribution in [0.4, 0.5) is 0 Å². The molecule has 3 rings (SSSR count). The van der Waals surface area contributed by atoms with Crippen LogP contribution < -0.4 is 0 Å². The first-order valence-corrected chi connectivity index (χ1v) is 10.5. The maximum atomic E-state index is 3.29. The van der Waals surface area contributed by atoms with E-state index < -0.39 is 0 Å². The van der Waals surface area contributed by atoms with Gasteiger partial charge in [0.05, 0.1) is 0 Å². The Morgan fingerprint density at radius 1 is 0.692 bits per heavy atom. The van der Waals surface area contributed by atoms with E-state index in [1.165, 1.54) is 56.1 Å². The molecule has 0 bridgehead atoms. The van der Waals surface area contributed by atoms with Gasteiger partial charge >= 0.3 is 0 Å². The Morgan fingerprint density at radius 2 is 1.19 bits per heavy atom. The molecule has 2 aromatic carbocycles. The summed E-state index contributed by atoms with van der Waals surface area (Å²) in [7, 11) is 0. The molecule has 1 fully saturated rings. The van der Waals surface area contributed by atoms with Crippen LogP contribution in [0.15, 0.2) is 48.5 Å². The Bertz CT molecular complexity index is 716. The van der Waals surface area contributed by atoms with Crippen molar-refractivity contribution in [2.24, 2.45) is 11.8 Å². The molecule has 0 atom stereocenters. The largest absolute Gasteiger partial charge is 0.0651 e. The van der Waals surface area contributed by atoms with Crippen molar-refractivity contribution in [1.29, 1.82) is 0 Å². The zero-order valence-electron chi connectivity index (χ0n) is 16.4. The van der Waals surface area contributed by atoms with Gasteiger partial charge in [-0.3, -0.25) is 0 Å². The second-order valence-electron chi connectivity index (χ2n) is 7.83. The summed E-state index contributed by atoms with van der Waals surface area (Å²) in [5, 5.41) is 0. The maximum Gasteiger partial charge on any atom is 0.0249 e. The van der Waals surface area contributed by atoms with Crippen LogP contribution in [0.5, 0.6) is 0 Å². The lowest BCUT2D eigenvalue weighted by Gasteiger charge is -2.27. The molecule has 26 heavy (non-hydrogen) atoms. The predicted octanol–water partition coefficient (Wildman–Crippen LogP) is 6.80. The molecule has 1 saturated carbocycles. The highest BCUT2D eigenvalue weighted by Gasteiger charge is 2.19. The SMILES string of the molecule is CCc1ccc(C#Cc2ccc(CCC3CCC(CC)CC3)cc2)cc1. The van der Waals surface area contributed by atoms with Crippen LogP contribution in [-0.2, 0) is 12.8 Å². The summed E-state index contributed by atoms with van der Waals surface area (Å²) in [5.41, 5.74) is 5.02. The molecule has 0 unspecified atom stereocenters. The van der Waals surface area contributed by atoms with Crippen molar-refractivity contribution in [3.63, 3.8) is 0 Å². The van der Waals surface area contributed by atoms with Crippen LogP contribution in [0.2, 0.25) is 0 Å². The molecule has 0 nitrogen and oxygen atoms in total. The van der Waals surface area contributed by atoms with Gasteiger partial charge in [-0.25, -0.2) is 0 Å². The summed E-state index contributed by atoms with van der Waals surface area (Å²) < 4.78 is 0. The van der Waals surface area contributed by atoms with E-state index in [1.807, 2.05) is 0 Å². The van der Waals surface area contributed by atoms with Gasteiger partial charge in [-0.1, -0.05) is 82.1 Å². The summed E-state index contributed by atoms with van der Waals surface area (Å²) in [5.74, 6) is 8.52. The predicted molar refractivity (Wildman–Crippen MR) is 112 cm³/mol. The van der Waals surface area contributed by atoms with E-state index in [9.17, 15) is 0 Å². The fraction of sp³-hybridized carbons (Fsp3) is 0.462. The van der Waals surface area contributed by atoms with E-state index in [2.05, 4.69) is 74.2 Å². The average Bonchev–Trinajstić information content (AvgIpc) is 2.72. The fourth-order valence-electron chi connectivity index (χ4n) is 4.02. The van der Waals surface area contributed by atoms with Gasteiger partial charge in [-0.15, -0.1) is 0 Å². The van der Waals surface area contributed by atoms with Crippen LogP contribution in [-0.4, -0.2) is 0 Å². The Kier molecular flexibility index (Phi) is 6.96. The molecule has 1 aliphatic rings. The second-order valence-corrected chi connectivity index (χ2v) is 7.83. The number of hydrogen-bond acceptors (Lipinski definition) is 0. The third-order valence-electron chi connectivity index (χ3n) is 6.05. The van der Waals surface area contributed by atoms with Crippen molar-refractivity contribution < 1.29 is 0 Å². The monoisotopic (exact) mass is 344 g/mol. The summed E-state index contributed by atoms with van der Waals surface area (Å²) in [6.07, 6.45) is 10.8. The molecular weight excluding hydrogens is 312 g/mol. The molecule has 0 spiro atoms. The third-order valence-corrected chi connectivity index (χ3v) is 6.05. The third kappa shape index (κ3) is 5.50. The van der Waals surface area contributed by atoms with Gasteiger partial charge < -0.3 is 0 Å². The first-order valence-electron chi connectivity index (χ1n) is 10.5. The lowest BCUT2D eigenvalue weighted by molar-refractivity contribution is 0.259. The van der Waals surface area contributed by atoms with Crippen molar-refractivity contribution in [2.45, 2.75) is 65.2 Å². The van der Waals surface area contributed by atoms with Crippen LogP contribution in [0.25, 0.3) is 0 Å². The first-order chi connectivity index (χ1) is 12.8. The maximum absolute atomic E-state index is 3.29. The molecular formula is C26H32. The zero-order chi connectivity index (χ0) is 18.2. The fourth-order valence-corrected chi connectivity index (χ4v) is 4.02. The highest BCUT2D eigenvalue weighted by Crippen LogP contribution is 2.33. The van der Waals surface area contributed by atoms with E-state index in [0.717, 1.165) is 29.4 Å². The van der Waals surface area contributed by atoms with E-state index in [-0.39, 0.29) is 0 Å². The van der Waals surface area contributed by atoms with Crippen LogP contribution in [0.3, 0.4) is 0 Å². The van der Waals surface area contributed by atoms with Gasteiger partial charge in [0.25, 0.3) is 0 Å². The zero-order valence-corrected chi connectivity index (χ0v) is 16.4. The number of benzene rings is 2. The Balaban J connectivity index is 1.50. The van der Waals surface area contributed by atoms with Crippen molar-refractivity contribution in [3.8, 4) is 11.8 Å². The molecule has 0 aliphatic heterocycles. The topological polar surface area (TPSA) is 0 Å². The molecule has 0 aromatic heterocycles. The summed E-state index contributed by atoms with van der Waals surface area (Å²) in [6, 6.07) is 17.5. The Morgan fingerprint density at radius 3 is 1.69 bits per heavy atom. The minimum atomic E-state index is 0.948. The molecule has 0 N–H and O–H groups in total. The molecule has 0 amide bonds. The van der Waals surface area contributed by atoms with E-state index in [4.69, 9.17) is 0 Å². The standard InChI is InChI=1S/C26H32/c1-3-21-5-9-23(10-6-21)13-15-25-17-19-26(20-18-25)16-14-24-11-7-22(4-2)8-12-24/h5-6,9-10,17-20,22,24H,3-4,7-8,11-12,14,16H2,1-2H3. The van der Waals surface area contributed by atoms with Crippen LogP contribution >= 0.6 is 0 Å². The summed E-state index contributed by atoms with van der Waals surface area (Å²) in [4.78, 5) is 0. The number of rotatable bonds is 5. The quantitative estimate of drug-likeness (QED) is 0.523. The first kappa shape index (κ1) is 18.8. The van der Waals surface area contributed by atoms with Gasteiger partial charge in [-0.05, 0) is 66.5 Å². The van der Waals surface area contributed by atoms with Crippen LogP contribution in [0.1, 0.15) is 74.6 Å². The van der Waals surface area contributed by atoms with E-state index >= 15 is 0 Å². The highest BCUT2D eigenvalue weighted by molar-refractivity contribution is 5.44. The number of aryl methyl sites for hydroxylation is 2. The molecule has 0 radical (unpaired) electrons. The molecule has 0 saturated heterocycles. The highest BCUT2D eigenvalue weighted by atomic mass is 14.2. The van der Waals surface area contributed by atoms with Crippen molar-refractivity contribution in [2.75, 3.05) is 0 Å². The second kappa shape index (κ2) is 9.63. The molecule has 136 valence electrons. The van der Waals surface area contributed by atoms with Gasteiger partial charge in [0.1, 0.15) is 0 Å². The van der Waals surface area contributed by atoms with E-state index in [1.54, 1.807) is 0 Å². The Hall–Kier alpha value is -2.00. The van der Waals surface area contributed by atoms with Crippen molar-refractivity contribution in [3.05, 3.63) is 70.8 Å². The average molecular weight is 345 g/mol. The number of hydrogen-bond donors (Lipinski definition) is 0. The van der Waals surface area contributed by atoms with Gasteiger partial charge in [0, 0.05) is 11.1 Å². The molecule has 1 aliphatic carbocycles. The lowest BCUT2D eigenvalue weighted by atomic mass is 9.78. The van der Waals surface area contributed by atoms with E-state index in [0.29, 0.717) is 0 Å². The van der Waals surface area contributed by atoms with Gasteiger partial charge in [0.2, 0.25) is 0 Å². The lowest BCUT2D eigenvalue weighted by Crippen LogP contribution is -2.14. The summed E-state index contributed by atoms with van der Waals surface area (Å²) >= 11 is 0. The summed E-state index contributed by atoms with van der Waals surface area (Å²) in [6.45, 7) is 4.52. The molecule has 0 heterocycles. The van der Waals surface area contributed by atoms with Crippen molar-refractivity contribution >= 4 is 0 Å². The minimum absolute atomic E-state index is 0.948. The molecule has 0 heteroatoms. The minimum Gasteiger partial charge on any atom is -0.0651 e. The van der Waals surface area contributed by atoms with Gasteiger partial charge in [0.15, 0.2) is 0 Å². The van der Waals surface area contributed by atoms with Crippen molar-refractivity contribution in [1.82, 2.24) is 0 Å². The van der Waals surface area contributed by atoms with Gasteiger partial charge in [-0.2, -0.15) is 0 Å². The normalized spacial score (nSPS) is 19.6.